The smallest absolute Gasteiger partial charge is 0.163 e. The van der Waals surface area contributed by atoms with Crippen molar-refractivity contribution in [2.75, 3.05) is 23.9 Å². The van der Waals surface area contributed by atoms with Gasteiger partial charge >= 0.3 is 0 Å². The lowest BCUT2D eigenvalue weighted by Gasteiger charge is -2.18. The van der Waals surface area contributed by atoms with E-state index in [1.807, 2.05) is 25.1 Å². The molecule has 0 spiro atoms. The van der Waals surface area contributed by atoms with Crippen molar-refractivity contribution in [1.29, 1.82) is 0 Å². The number of aliphatic hydroxyl groups excluding tert-OH is 1. The Bertz CT molecular complexity index is 559. The quantitative estimate of drug-likeness (QED) is 0.818. The van der Waals surface area contributed by atoms with Crippen molar-refractivity contribution in [3.8, 4) is 11.4 Å². The van der Waals surface area contributed by atoms with E-state index in [0.29, 0.717) is 12.2 Å². The molecule has 1 atom stereocenters. The second kappa shape index (κ2) is 7.95. The summed E-state index contributed by atoms with van der Waals surface area (Å²) in [6.45, 7) is 2.11. The number of anilines is 1. The number of hydrogen-bond donors (Lipinski definition) is 2. The van der Waals surface area contributed by atoms with Gasteiger partial charge in [-0.1, -0.05) is 0 Å². The van der Waals surface area contributed by atoms with Crippen molar-refractivity contribution in [1.82, 2.24) is 15.0 Å². The third kappa shape index (κ3) is 4.68. The van der Waals surface area contributed by atoms with Crippen molar-refractivity contribution in [3.63, 3.8) is 0 Å². The van der Waals surface area contributed by atoms with Gasteiger partial charge in [0, 0.05) is 48.1 Å². The van der Waals surface area contributed by atoms with Crippen LogP contribution in [-0.2, 0) is 0 Å². The maximum Gasteiger partial charge on any atom is 0.163 e. The topological polar surface area (TPSA) is 70.9 Å². The molecule has 0 bridgehead atoms. The molecule has 2 aromatic heterocycles. The zero-order chi connectivity index (χ0) is 15.1. The lowest BCUT2D eigenvalue weighted by molar-refractivity contribution is 0.282. The fraction of sp³-hybridized carbons (Fsp3) is 0.400. The summed E-state index contributed by atoms with van der Waals surface area (Å²) in [6, 6.07) is 5.93. The van der Waals surface area contributed by atoms with Crippen LogP contribution in [0.4, 0.5) is 5.82 Å². The largest absolute Gasteiger partial charge is 0.396 e. The number of aromatic nitrogens is 3. The van der Waals surface area contributed by atoms with E-state index < -0.39 is 0 Å². The van der Waals surface area contributed by atoms with Crippen LogP contribution in [0, 0.1) is 6.92 Å². The Labute approximate surface area is 129 Å². The predicted octanol–water partition coefficient (Wildman–Crippen LogP) is 2.37. The molecule has 0 amide bonds. The van der Waals surface area contributed by atoms with Crippen LogP contribution in [0.3, 0.4) is 0 Å². The van der Waals surface area contributed by atoms with E-state index in [1.54, 1.807) is 24.2 Å². The summed E-state index contributed by atoms with van der Waals surface area (Å²) in [4.78, 5) is 13.1. The molecule has 1 unspecified atom stereocenters. The number of aryl methyl sites for hydroxylation is 1. The highest BCUT2D eigenvalue weighted by Crippen LogP contribution is 2.18. The summed E-state index contributed by atoms with van der Waals surface area (Å²) < 4.78 is 0. The third-order valence-electron chi connectivity index (χ3n) is 2.97. The summed E-state index contributed by atoms with van der Waals surface area (Å²) in [6.07, 6.45) is 6.24. The minimum absolute atomic E-state index is 0.164. The molecule has 21 heavy (non-hydrogen) atoms. The molecule has 0 saturated heterocycles. The molecule has 0 aliphatic heterocycles. The summed E-state index contributed by atoms with van der Waals surface area (Å²) >= 11 is 1.75. The van der Waals surface area contributed by atoms with E-state index >= 15 is 0 Å². The van der Waals surface area contributed by atoms with Gasteiger partial charge in [-0.2, -0.15) is 11.8 Å². The molecule has 0 saturated carbocycles. The van der Waals surface area contributed by atoms with E-state index in [0.717, 1.165) is 22.8 Å². The van der Waals surface area contributed by atoms with Crippen LogP contribution in [0.5, 0.6) is 0 Å². The molecule has 112 valence electrons. The number of nitrogens with one attached hydrogen (secondary N) is 1. The maximum absolute atomic E-state index is 9.14. The Kier molecular flexibility index (Phi) is 5.95. The van der Waals surface area contributed by atoms with Crippen molar-refractivity contribution in [2.45, 2.75) is 19.4 Å². The number of pyridine rings is 1. The van der Waals surface area contributed by atoms with E-state index in [1.165, 1.54) is 0 Å². The molecule has 2 N–H and O–H groups in total. The molecule has 2 rings (SSSR count). The standard InChI is InChI=1S/C15H20N4OS/c1-11-8-14(18-13(5-7-20)10-21-2)19-15(17-11)12-4-3-6-16-9-12/h3-4,6,8-9,13,20H,5,7,10H2,1-2H3,(H,17,18,19). The minimum atomic E-state index is 0.164. The first kappa shape index (κ1) is 15.7. The number of nitrogens with zero attached hydrogens (tertiary/aromatic N) is 3. The van der Waals surface area contributed by atoms with Gasteiger partial charge in [-0.05, 0) is 31.7 Å². The lowest BCUT2D eigenvalue weighted by Crippen LogP contribution is -2.24. The fourth-order valence-electron chi connectivity index (χ4n) is 2.03. The van der Waals surface area contributed by atoms with Crippen LogP contribution >= 0.6 is 11.8 Å². The molecule has 6 heteroatoms. The number of hydrogen-bond acceptors (Lipinski definition) is 6. The van der Waals surface area contributed by atoms with Crippen LogP contribution in [-0.4, -0.2) is 44.7 Å². The molecule has 0 aliphatic rings. The van der Waals surface area contributed by atoms with Gasteiger partial charge in [-0.25, -0.2) is 9.97 Å². The Morgan fingerprint density at radius 3 is 2.90 bits per heavy atom. The van der Waals surface area contributed by atoms with Gasteiger partial charge in [0.1, 0.15) is 5.82 Å². The van der Waals surface area contributed by atoms with Gasteiger partial charge < -0.3 is 10.4 Å². The molecule has 2 heterocycles. The molecule has 5 nitrogen and oxygen atoms in total. The van der Waals surface area contributed by atoms with Gasteiger partial charge in [0.15, 0.2) is 5.82 Å². The predicted molar refractivity (Wildman–Crippen MR) is 87.5 cm³/mol. The summed E-state index contributed by atoms with van der Waals surface area (Å²) in [5.41, 5.74) is 1.80. The van der Waals surface area contributed by atoms with Gasteiger partial charge in [0.2, 0.25) is 0 Å². The normalized spacial score (nSPS) is 12.1. The van der Waals surface area contributed by atoms with Crippen LogP contribution in [0.2, 0.25) is 0 Å². The Morgan fingerprint density at radius 1 is 1.38 bits per heavy atom. The lowest BCUT2D eigenvalue weighted by atomic mass is 10.2. The summed E-state index contributed by atoms with van der Waals surface area (Å²) in [5, 5.41) is 12.5. The Morgan fingerprint density at radius 2 is 2.24 bits per heavy atom. The van der Waals surface area contributed by atoms with Crippen molar-refractivity contribution < 1.29 is 5.11 Å². The average Bonchev–Trinajstić information content (AvgIpc) is 2.48. The number of aliphatic hydroxyl groups is 1. The van der Waals surface area contributed by atoms with Crippen LogP contribution in [0.25, 0.3) is 11.4 Å². The van der Waals surface area contributed by atoms with Crippen molar-refractivity contribution >= 4 is 17.6 Å². The molecule has 0 fully saturated rings. The molecule has 0 aromatic carbocycles. The Balaban J connectivity index is 2.22. The van der Waals surface area contributed by atoms with E-state index in [9.17, 15) is 0 Å². The second-order valence-electron chi connectivity index (χ2n) is 4.77. The summed E-state index contributed by atoms with van der Waals surface area (Å²) in [7, 11) is 0. The molecule has 2 aromatic rings. The van der Waals surface area contributed by atoms with Gasteiger partial charge in [0.05, 0.1) is 0 Å². The van der Waals surface area contributed by atoms with Crippen molar-refractivity contribution in [2.24, 2.45) is 0 Å². The highest BCUT2D eigenvalue weighted by Gasteiger charge is 2.10. The van der Waals surface area contributed by atoms with Gasteiger partial charge in [-0.3, -0.25) is 4.98 Å². The first-order valence-electron chi connectivity index (χ1n) is 6.85. The number of thioether (sulfide) groups is 1. The maximum atomic E-state index is 9.14. The second-order valence-corrected chi connectivity index (χ2v) is 5.68. The molecule has 0 aliphatic carbocycles. The minimum Gasteiger partial charge on any atom is -0.396 e. The van der Waals surface area contributed by atoms with Crippen LogP contribution in [0.1, 0.15) is 12.1 Å². The summed E-state index contributed by atoms with van der Waals surface area (Å²) in [5.74, 6) is 2.37. The SMILES string of the molecule is CSCC(CCO)Nc1cc(C)nc(-c2cccnc2)n1. The van der Waals surface area contributed by atoms with E-state index in [4.69, 9.17) is 5.11 Å². The average molecular weight is 304 g/mol. The molecular formula is C15H20N4OS. The first-order valence-corrected chi connectivity index (χ1v) is 8.24. The molecular weight excluding hydrogens is 284 g/mol. The zero-order valence-electron chi connectivity index (χ0n) is 12.3. The van der Waals surface area contributed by atoms with E-state index in [-0.39, 0.29) is 12.6 Å². The van der Waals surface area contributed by atoms with Crippen LogP contribution in [0.15, 0.2) is 30.6 Å². The monoisotopic (exact) mass is 304 g/mol. The van der Waals surface area contributed by atoms with Crippen LogP contribution < -0.4 is 5.32 Å². The number of rotatable bonds is 7. The highest BCUT2D eigenvalue weighted by molar-refractivity contribution is 7.98. The van der Waals surface area contributed by atoms with Gasteiger partial charge in [-0.15, -0.1) is 0 Å². The molecule has 0 radical (unpaired) electrons. The highest BCUT2D eigenvalue weighted by atomic mass is 32.2. The fourth-order valence-corrected chi connectivity index (χ4v) is 2.68. The first-order chi connectivity index (χ1) is 10.2. The Hall–Kier alpha value is -1.66. The third-order valence-corrected chi connectivity index (χ3v) is 3.71. The van der Waals surface area contributed by atoms with Crippen molar-refractivity contribution in [3.05, 3.63) is 36.3 Å². The zero-order valence-corrected chi connectivity index (χ0v) is 13.1. The van der Waals surface area contributed by atoms with E-state index in [2.05, 4.69) is 26.5 Å². The van der Waals surface area contributed by atoms with Gasteiger partial charge in [0.25, 0.3) is 0 Å².